The van der Waals surface area contributed by atoms with Crippen molar-refractivity contribution in [3.8, 4) is 23.0 Å². The molecular formula is C23H26N4O6S. The number of nitrogens with one attached hydrogen (secondary N) is 1. The van der Waals surface area contributed by atoms with Crippen LogP contribution in [-0.4, -0.2) is 56.1 Å². The van der Waals surface area contributed by atoms with Gasteiger partial charge in [-0.2, -0.15) is 4.31 Å². The molecule has 0 unspecified atom stereocenters. The first-order chi connectivity index (χ1) is 16.3. The van der Waals surface area contributed by atoms with Gasteiger partial charge in [-0.3, -0.25) is 4.79 Å². The van der Waals surface area contributed by atoms with E-state index < -0.39 is 10.0 Å². The highest BCUT2D eigenvalue weighted by Gasteiger charge is 2.33. The first-order valence-corrected chi connectivity index (χ1v) is 12.2. The topological polar surface area (TPSA) is 124 Å². The zero-order chi connectivity index (χ0) is 24.3. The number of ether oxygens (including phenoxy) is 2. The summed E-state index contributed by atoms with van der Waals surface area (Å²) in [5.41, 5.74) is 1.02. The summed E-state index contributed by atoms with van der Waals surface area (Å²) < 4.78 is 44.6. The number of sulfonamides is 1. The second kappa shape index (κ2) is 9.82. The van der Waals surface area contributed by atoms with Crippen LogP contribution in [0.25, 0.3) is 11.5 Å². The molecule has 2 aromatic carbocycles. The molecule has 11 heteroatoms. The molecule has 0 aliphatic carbocycles. The van der Waals surface area contributed by atoms with Gasteiger partial charge in [-0.25, -0.2) is 8.42 Å². The number of benzene rings is 2. The molecule has 0 radical (unpaired) electrons. The monoisotopic (exact) mass is 486 g/mol. The Morgan fingerprint density at radius 1 is 1.15 bits per heavy atom. The fourth-order valence-corrected chi connectivity index (χ4v) is 5.47. The first kappa shape index (κ1) is 23.7. The molecule has 3 aromatic rings. The molecule has 10 nitrogen and oxygen atoms in total. The number of aromatic nitrogens is 2. The van der Waals surface area contributed by atoms with Gasteiger partial charge in [-0.15, -0.1) is 10.2 Å². The second-order valence-corrected chi connectivity index (χ2v) is 9.86. The number of carbonyl (C=O) groups is 1. The highest BCUT2D eigenvalue weighted by Crippen LogP contribution is 2.34. The average molecular weight is 487 g/mol. The summed E-state index contributed by atoms with van der Waals surface area (Å²) in [7, 11) is -0.787. The van der Waals surface area contributed by atoms with Gasteiger partial charge in [0.05, 0.1) is 30.7 Å². The normalized spacial score (nSPS) is 16.7. The minimum atomic E-state index is -3.82. The van der Waals surface area contributed by atoms with Crippen molar-refractivity contribution in [3.05, 3.63) is 48.4 Å². The minimum absolute atomic E-state index is 0.0697. The molecule has 2 heterocycles. The zero-order valence-electron chi connectivity index (χ0n) is 19.1. The molecule has 0 saturated carbocycles. The van der Waals surface area contributed by atoms with Crippen LogP contribution in [0.15, 0.2) is 51.8 Å². The molecule has 0 spiro atoms. The lowest BCUT2D eigenvalue weighted by Crippen LogP contribution is -2.39. The summed E-state index contributed by atoms with van der Waals surface area (Å²) >= 11 is 0. The number of hydrogen-bond donors (Lipinski definition) is 1. The smallest absolute Gasteiger partial charge is 0.247 e. The molecule has 1 fully saturated rings. The predicted octanol–water partition coefficient (Wildman–Crippen LogP) is 3.28. The Morgan fingerprint density at radius 3 is 2.71 bits per heavy atom. The number of hydrogen-bond acceptors (Lipinski definition) is 8. The highest BCUT2D eigenvalue weighted by molar-refractivity contribution is 7.89. The maximum Gasteiger partial charge on any atom is 0.247 e. The van der Waals surface area contributed by atoms with Crippen LogP contribution in [0.5, 0.6) is 11.5 Å². The van der Waals surface area contributed by atoms with Crippen molar-refractivity contribution in [1.82, 2.24) is 14.5 Å². The van der Waals surface area contributed by atoms with Crippen molar-refractivity contribution in [2.75, 3.05) is 32.6 Å². The van der Waals surface area contributed by atoms with Crippen LogP contribution in [0.2, 0.25) is 0 Å². The van der Waals surface area contributed by atoms with E-state index in [9.17, 15) is 13.2 Å². The lowest BCUT2D eigenvalue weighted by molar-refractivity contribution is -0.114. The molecule has 1 aromatic heterocycles. The van der Waals surface area contributed by atoms with Gasteiger partial charge in [0, 0.05) is 25.6 Å². The van der Waals surface area contributed by atoms with E-state index >= 15 is 0 Å². The SMILES string of the molecule is COc1cccc(-c2nnc([C@H]3CCCN(S(=O)(=O)c4ccc(OC)c(NC(C)=O)c4)C3)o2)c1. The van der Waals surface area contributed by atoms with Gasteiger partial charge in [0.1, 0.15) is 11.5 Å². The van der Waals surface area contributed by atoms with Gasteiger partial charge in [0.2, 0.25) is 27.7 Å². The van der Waals surface area contributed by atoms with Crippen molar-refractivity contribution in [2.24, 2.45) is 0 Å². The summed E-state index contributed by atoms with van der Waals surface area (Å²) in [6, 6.07) is 11.7. The fourth-order valence-electron chi connectivity index (χ4n) is 3.92. The standard InChI is InChI=1S/C23H26N4O6S/c1-15(28)24-20-13-19(9-10-21(20)32-3)34(29,30)27-11-5-7-17(14-27)23-26-25-22(33-23)16-6-4-8-18(12-16)31-2/h4,6,8-10,12-13,17H,5,7,11,14H2,1-3H3,(H,24,28)/t17-/m0/s1. The molecule has 1 atom stereocenters. The van der Waals surface area contributed by atoms with Gasteiger partial charge < -0.3 is 19.2 Å². The van der Waals surface area contributed by atoms with E-state index in [1.165, 1.54) is 36.5 Å². The zero-order valence-corrected chi connectivity index (χ0v) is 20.0. The molecule has 1 aliphatic rings. The molecular weight excluding hydrogens is 460 g/mol. The summed E-state index contributed by atoms with van der Waals surface area (Å²) in [5.74, 6) is 1.24. The van der Waals surface area contributed by atoms with Crippen molar-refractivity contribution < 1.29 is 27.1 Å². The third-order valence-electron chi connectivity index (χ3n) is 5.61. The molecule has 1 aliphatic heterocycles. The number of amides is 1. The molecule has 4 rings (SSSR count). The van der Waals surface area contributed by atoms with Crippen LogP contribution in [-0.2, 0) is 14.8 Å². The Labute approximate surface area is 197 Å². The number of carbonyl (C=O) groups excluding carboxylic acids is 1. The van der Waals surface area contributed by atoms with E-state index in [0.29, 0.717) is 41.9 Å². The van der Waals surface area contributed by atoms with Crippen LogP contribution in [0.3, 0.4) is 0 Å². The third kappa shape index (κ3) is 4.90. The van der Waals surface area contributed by atoms with Crippen molar-refractivity contribution in [2.45, 2.75) is 30.6 Å². The predicted molar refractivity (Wildman–Crippen MR) is 124 cm³/mol. The fraction of sp³-hybridized carbons (Fsp3) is 0.348. The summed E-state index contributed by atoms with van der Waals surface area (Å²) in [5, 5.41) is 10.9. The Bertz CT molecular complexity index is 1290. The van der Waals surface area contributed by atoms with E-state index in [-0.39, 0.29) is 23.3 Å². The van der Waals surface area contributed by atoms with Crippen molar-refractivity contribution >= 4 is 21.6 Å². The summed E-state index contributed by atoms with van der Waals surface area (Å²) in [4.78, 5) is 11.6. The Hall–Kier alpha value is -3.44. The van der Waals surface area contributed by atoms with Gasteiger partial charge in [-0.05, 0) is 49.2 Å². The largest absolute Gasteiger partial charge is 0.497 e. The average Bonchev–Trinajstić information content (AvgIpc) is 3.34. The molecule has 34 heavy (non-hydrogen) atoms. The molecule has 180 valence electrons. The van der Waals surface area contributed by atoms with E-state index in [0.717, 1.165) is 12.0 Å². The van der Waals surface area contributed by atoms with Crippen molar-refractivity contribution in [3.63, 3.8) is 0 Å². The van der Waals surface area contributed by atoms with E-state index in [1.54, 1.807) is 13.2 Å². The van der Waals surface area contributed by atoms with Crippen molar-refractivity contribution in [1.29, 1.82) is 0 Å². The lowest BCUT2D eigenvalue weighted by Gasteiger charge is -2.30. The number of methoxy groups -OCH3 is 2. The number of piperidine rings is 1. The summed E-state index contributed by atoms with van der Waals surface area (Å²) in [6.07, 6.45) is 1.38. The highest BCUT2D eigenvalue weighted by atomic mass is 32.2. The first-order valence-electron chi connectivity index (χ1n) is 10.8. The maximum absolute atomic E-state index is 13.4. The van der Waals surface area contributed by atoms with Crippen LogP contribution in [0.1, 0.15) is 31.6 Å². The number of rotatable bonds is 7. The van der Waals surface area contributed by atoms with E-state index in [2.05, 4.69) is 15.5 Å². The number of anilines is 1. The van der Waals surface area contributed by atoms with Gasteiger partial charge in [0.25, 0.3) is 0 Å². The maximum atomic E-state index is 13.4. The van der Waals surface area contributed by atoms with Crippen LogP contribution < -0.4 is 14.8 Å². The van der Waals surface area contributed by atoms with Gasteiger partial charge >= 0.3 is 0 Å². The Balaban J connectivity index is 1.56. The molecule has 1 N–H and O–H groups in total. The summed E-state index contributed by atoms with van der Waals surface area (Å²) in [6.45, 7) is 1.93. The van der Waals surface area contributed by atoms with Crippen LogP contribution in [0, 0.1) is 0 Å². The minimum Gasteiger partial charge on any atom is -0.497 e. The van der Waals surface area contributed by atoms with E-state index in [4.69, 9.17) is 13.9 Å². The van der Waals surface area contributed by atoms with Gasteiger partial charge in [0.15, 0.2) is 0 Å². The second-order valence-electron chi connectivity index (χ2n) is 7.92. The van der Waals surface area contributed by atoms with E-state index in [1.807, 2.05) is 18.2 Å². The molecule has 0 bridgehead atoms. The quantitative estimate of drug-likeness (QED) is 0.540. The Morgan fingerprint density at radius 2 is 1.97 bits per heavy atom. The van der Waals surface area contributed by atoms with Crippen LogP contribution >= 0.6 is 0 Å². The molecule has 1 amide bonds. The lowest BCUT2D eigenvalue weighted by atomic mass is 10.00. The molecule has 1 saturated heterocycles. The number of nitrogens with zero attached hydrogens (tertiary/aromatic N) is 3. The van der Waals surface area contributed by atoms with Gasteiger partial charge in [-0.1, -0.05) is 6.07 Å². The van der Waals surface area contributed by atoms with Crippen LogP contribution in [0.4, 0.5) is 5.69 Å². The third-order valence-corrected chi connectivity index (χ3v) is 7.47. The Kier molecular flexibility index (Phi) is 6.85.